The molecule has 0 aliphatic heterocycles. The maximum Gasteiger partial charge on any atom is 0.187 e. The number of ketones is 1. The molecule has 0 saturated heterocycles. The molecule has 0 amide bonds. The Labute approximate surface area is 120 Å². The van der Waals surface area contributed by atoms with Crippen molar-refractivity contribution in [2.75, 3.05) is 5.32 Å². The van der Waals surface area contributed by atoms with Crippen molar-refractivity contribution in [3.8, 4) is 0 Å². The van der Waals surface area contributed by atoms with Crippen molar-refractivity contribution in [1.82, 2.24) is 0 Å². The molecule has 0 atom stereocenters. The molecule has 0 aliphatic carbocycles. The van der Waals surface area contributed by atoms with E-state index in [4.69, 9.17) is 0 Å². The number of allylic oxidation sites excluding steroid dienone is 1. The fourth-order valence-electron chi connectivity index (χ4n) is 1.94. The molecule has 20 heavy (non-hydrogen) atoms. The van der Waals surface area contributed by atoms with Crippen LogP contribution in [0.1, 0.15) is 27.0 Å². The number of hydrogen-bond acceptors (Lipinski definition) is 2. The fourth-order valence-corrected chi connectivity index (χ4v) is 1.94. The Morgan fingerprint density at radius 2 is 1.80 bits per heavy atom. The minimum absolute atomic E-state index is 0.00764. The minimum Gasteiger partial charge on any atom is -0.362 e. The number of carbonyl (C=O) groups is 1. The first-order valence-corrected chi connectivity index (χ1v) is 6.67. The van der Waals surface area contributed by atoms with Gasteiger partial charge in [-0.3, -0.25) is 4.79 Å². The molecular weight excluding hydrogens is 246 g/mol. The average Bonchev–Trinajstić information content (AvgIpc) is 2.42. The van der Waals surface area contributed by atoms with Gasteiger partial charge in [0.1, 0.15) is 0 Å². The van der Waals surface area contributed by atoms with Crippen LogP contribution in [0.15, 0.2) is 54.7 Å². The van der Waals surface area contributed by atoms with E-state index < -0.39 is 0 Å². The summed E-state index contributed by atoms with van der Waals surface area (Å²) in [5.74, 6) is 0.00764. The standard InChI is InChI=1S/C18H19NO/c1-13-5-4-6-17(11-13)19-10-9-18(20)16-8-7-14(2)15(3)12-16/h4-12,19H,1-3H3. The molecule has 0 fully saturated rings. The number of anilines is 1. The lowest BCUT2D eigenvalue weighted by Gasteiger charge is -2.03. The van der Waals surface area contributed by atoms with Crippen molar-refractivity contribution in [2.45, 2.75) is 20.8 Å². The molecule has 0 spiro atoms. The second kappa shape index (κ2) is 6.20. The van der Waals surface area contributed by atoms with Crippen molar-refractivity contribution in [2.24, 2.45) is 0 Å². The van der Waals surface area contributed by atoms with Crippen LogP contribution in [0.25, 0.3) is 0 Å². The minimum atomic E-state index is 0.00764. The van der Waals surface area contributed by atoms with Crippen molar-refractivity contribution < 1.29 is 4.79 Å². The third kappa shape index (κ3) is 3.58. The first-order valence-electron chi connectivity index (χ1n) is 6.67. The summed E-state index contributed by atoms with van der Waals surface area (Å²) in [5, 5.41) is 3.11. The lowest BCUT2D eigenvalue weighted by Crippen LogP contribution is -1.97. The third-order valence-electron chi connectivity index (χ3n) is 3.29. The van der Waals surface area contributed by atoms with Gasteiger partial charge in [-0.15, -0.1) is 0 Å². The SMILES string of the molecule is Cc1cccc(NC=CC(=O)c2ccc(C)c(C)c2)c1. The Kier molecular flexibility index (Phi) is 4.36. The summed E-state index contributed by atoms with van der Waals surface area (Å²) >= 11 is 0. The van der Waals surface area contributed by atoms with Crippen molar-refractivity contribution in [3.63, 3.8) is 0 Å². The van der Waals surface area contributed by atoms with E-state index in [1.165, 1.54) is 11.1 Å². The normalized spacial score (nSPS) is 10.8. The van der Waals surface area contributed by atoms with Crippen LogP contribution < -0.4 is 5.32 Å². The van der Waals surface area contributed by atoms with Gasteiger partial charge in [0.15, 0.2) is 5.78 Å². The van der Waals surface area contributed by atoms with Crippen LogP contribution in [0.2, 0.25) is 0 Å². The highest BCUT2D eigenvalue weighted by Crippen LogP contribution is 2.12. The van der Waals surface area contributed by atoms with Crippen LogP contribution in [0.5, 0.6) is 0 Å². The van der Waals surface area contributed by atoms with E-state index in [1.807, 2.05) is 63.2 Å². The molecule has 2 rings (SSSR count). The van der Waals surface area contributed by atoms with Gasteiger partial charge in [0.2, 0.25) is 0 Å². The molecule has 0 saturated carbocycles. The number of nitrogens with one attached hydrogen (secondary N) is 1. The monoisotopic (exact) mass is 265 g/mol. The van der Waals surface area contributed by atoms with Crippen LogP contribution in [0, 0.1) is 20.8 Å². The average molecular weight is 265 g/mol. The lowest BCUT2D eigenvalue weighted by molar-refractivity contribution is 0.104. The van der Waals surface area contributed by atoms with Gasteiger partial charge >= 0.3 is 0 Å². The molecule has 2 heteroatoms. The lowest BCUT2D eigenvalue weighted by atomic mass is 10.0. The Morgan fingerprint density at radius 3 is 2.50 bits per heavy atom. The summed E-state index contributed by atoms with van der Waals surface area (Å²) in [6.07, 6.45) is 3.25. The zero-order valence-electron chi connectivity index (χ0n) is 12.1. The number of carbonyl (C=O) groups excluding carboxylic acids is 1. The Hall–Kier alpha value is -2.35. The summed E-state index contributed by atoms with van der Waals surface area (Å²) in [6, 6.07) is 13.8. The topological polar surface area (TPSA) is 29.1 Å². The number of benzene rings is 2. The molecule has 2 aromatic rings. The fraction of sp³-hybridized carbons (Fsp3) is 0.167. The van der Waals surface area contributed by atoms with Gasteiger partial charge in [0.05, 0.1) is 0 Å². The highest BCUT2D eigenvalue weighted by atomic mass is 16.1. The van der Waals surface area contributed by atoms with E-state index in [-0.39, 0.29) is 5.78 Å². The zero-order valence-corrected chi connectivity index (χ0v) is 12.1. The van der Waals surface area contributed by atoms with Crippen LogP contribution in [-0.2, 0) is 0 Å². The van der Waals surface area contributed by atoms with Crippen molar-refractivity contribution in [1.29, 1.82) is 0 Å². The zero-order chi connectivity index (χ0) is 14.5. The predicted molar refractivity (Wildman–Crippen MR) is 84.2 cm³/mol. The summed E-state index contributed by atoms with van der Waals surface area (Å²) in [6.45, 7) is 6.09. The van der Waals surface area contributed by atoms with Gasteiger partial charge < -0.3 is 5.32 Å². The Morgan fingerprint density at radius 1 is 1.00 bits per heavy atom. The first-order chi connectivity index (χ1) is 9.56. The molecule has 2 nitrogen and oxygen atoms in total. The number of hydrogen-bond donors (Lipinski definition) is 1. The molecule has 0 unspecified atom stereocenters. The quantitative estimate of drug-likeness (QED) is 0.655. The smallest absolute Gasteiger partial charge is 0.187 e. The highest BCUT2D eigenvalue weighted by molar-refractivity contribution is 6.04. The van der Waals surface area contributed by atoms with Crippen LogP contribution in [-0.4, -0.2) is 5.78 Å². The Balaban J connectivity index is 2.04. The molecule has 0 heterocycles. The molecule has 0 radical (unpaired) electrons. The van der Waals surface area contributed by atoms with E-state index in [2.05, 4.69) is 5.32 Å². The van der Waals surface area contributed by atoms with Crippen LogP contribution in [0.3, 0.4) is 0 Å². The van der Waals surface area contributed by atoms with E-state index in [9.17, 15) is 4.79 Å². The van der Waals surface area contributed by atoms with Gasteiger partial charge in [0, 0.05) is 23.5 Å². The largest absolute Gasteiger partial charge is 0.362 e. The molecule has 2 aromatic carbocycles. The predicted octanol–water partition coefficient (Wildman–Crippen LogP) is 4.42. The highest BCUT2D eigenvalue weighted by Gasteiger charge is 2.02. The van der Waals surface area contributed by atoms with Gasteiger partial charge in [-0.25, -0.2) is 0 Å². The summed E-state index contributed by atoms with van der Waals surface area (Å²) in [4.78, 5) is 12.0. The van der Waals surface area contributed by atoms with Gasteiger partial charge in [-0.1, -0.05) is 24.3 Å². The van der Waals surface area contributed by atoms with Crippen LogP contribution in [0.4, 0.5) is 5.69 Å². The molecule has 1 N–H and O–H groups in total. The third-order valence-corrected chi connectivity index (χ3v) is 3.29. The molecule has 0 aromatic heterocycles. The molecular formula is C18H19NO. The van der Waals surface area contributed by atoms with E-state index in [0.29, 0.717) is 0 Å². The second-order valence-corrected chi connectivity index (χ2v) is 5.01. The van der Waals surface area contributed by atoms with Crippen molar-refractivity contribution >= 4 is 11.5 Å². The van der Waals surface area contributed by atoms with Gasteiger partial charge in [-0.2, -0.15) is 0 Å². The first kappa shape index (κ1) is 14.1. The Bertz CT molecular complexity index is 656. The number of aryl methyl sites for hydroxylation is 3. The number of rotatable bonds is 4. The summed E-state index contributed by atoms with van der Waals surface area (Å²) < 4.78 is 0. The molecule has 102 valence electrons. The van der Waals surface area contributed by atoms with Gasteiger partial charge in [0.25, 0.3) is 0 Å². The van der Waals surface area contributed by atoms with Gasteiger partial charge in [-0.05, 0) is 55.7 Å². The van der Waals surface area contributed by atoms with E-state index in [0.717, 1.165) is 16.8 Å². The maximum atomic E-state index is 12.0. The maximum absolute atomic E-state index is 12.0. The molecule has 0 bridgehead atoms. The molecule has 0 aliphatic rings. The van der Waals surface area contributed by atoms with Crippen LogP contribution >= 0.6 is 0 Å². The van der Waals surface area contributed by atoms with E-state index in [1.54, 1.807) is 12.3 Å². The second-order valence-electron chi connectivity index (χ2n) is 5.01. The summed E-state index contributed by atoms with van der Waals surface area (Å²) in [7, 11) is 0. The summed E-state index contributed by atoms with van der Waals surface area (Å²) in [5.41, 5.74) is 5.22. The van der Waals surface area contributed by atoms with Crippen molar-refractivity contribution in [3.05, 3.63) is 77.0 Å². The van der Waals surface area contributed by atoms with E-state index >= 15 is 0 Å².